The lowest BCUT2D eigenvalue weighted by molar-refractivity contribution is -0.0440. The zero-order chi connectivity index (χ0) is 14.7. The van der Waals surface area contributed by atoms with Crippen molar-refractivity contribution < 1.29 is 14.3 Å². The van der Waals surface area contributed by atoms with Crippen LogP contribution in [-0.4, -0.2) is 19.1 Å². The van der Waals surface area contributed by atoms with Crippen molar-refractivity contribution in [1.29, 1.82) is 0 Å². The summed E-state index contributed by atoms with van der Waals surface area (Å²) in [6.45, 7) is 1.18. The third-order valence-electron chi connectivity index (χ3n) is 3.19. The average molecular weight is 284 g/mol. The molecule has 0 spiro atoms. The molecule has 1 amide bonds. The van der Waals surface area contributed by atoms with E-state index in [1.54, 1.807) is 24.3 Å². The molecular weight excluding hydrogens is 268 g/mol. The Morgan fingerprint density at radius 1 is 1.10 bits per heavy atom. The van der Waals surface area contributed by atoms with Crippen LogP contribution >= 0.6 is 0 Å². The maximum Gasteiger partial charge on any atom is 0.255 e. The lowest BCUT2D eigenvalue weighted by Crippen LogP contribution is -2.12. The second-order valence-electron chi connectivity index (χ2n) is 4.78. The Bertz CT molecular complexity index is 651. The number of carbonyl (C=O) groups excluding carboxylic acids is 1. The SMILES string of the molecule is Nc1cccc(C(=O)Nc2cccc(C3OCCO3)c2)c1. The molecule has 2 aromatic rings. The van der Waals surface area contributed by atoms with Crippen LogP contribution < -0.4 is 11.1 Å². The van der Waals surface area contributed by atoms with Gasteiger partial charge in [0.05, 0.1) is 13.2 Å². The van der Waals surface area contributed by atoms with Crippen LogP contribution in [0.2, 0.25) is 0 Å². The molecule has 0 aromatic heterocycles. The summed E-state index contributed by atoms with van der Waals surface area (Å²) in [5.74, 6) is -0.201. The lowest BCUT2D eigenvalue weighted by Gasteiger charge is -2.11. The highest BCUT2D eigenvalue weighted by molar-refractivity contribution is 6.04. The van der Waals surface area contributed by atoms with E-state index in [1.165, 1.54) is 0 Å². The monoisotopic (exact) mass is 284 g/mol. The van der Waals surface area contributed by atoms with Crippen LogP contribution in [0.25, 0.3) is 0 Å². The minimum atomic E-state index is -0.353. The second kappa shape index (κ2) is 5.95. The normalized spacial score (nSPS) is 15.0. The van der Waals surface area contributed by atoms with Gasteiger partial charge in [0.15, 0.2) is 6.29 Å². The molecule has 0 saturated carbocycles. The van der Waals surface area contributed by atoms with Crippen molar-refractivity contribution in [1.82, 2.24) is 0 Å². The van der Waals surface area contributed by atoms with Gasteiger partial charge in [-0.25, -0.2) is 0 Å². The minimum Gasteiger partial charge on any atom is -0.399 e. The van der Waals surface area contributed by atoms with Gasteiger partial charge < -0.3 is 20.5 Å². The zero-order valence-electron chi connectivity index (χ0n) is 11.4. The number of nitrogens with two attached hydrogens (primary N) is 1. The fourth-order valence-corrected chi connectivity index (χ4v) is 2.20. The van der Waals surface area contributed by atoms with E-state index in [2.05, 4.69) is 5.32 Å². The predicted molar refractivity (Wildman–Crippen MR) is 79.9 cm³/mol. The Kier molecular flexibility index (Phi) is 3.85. The summed E-state index contributed by atoms with van der Waals surface area (Å²) in [6.07, 6.45) is -0.353. The van der Waals surface area contributed by atoms with Crippen LogP contribution in [-0.2, 0) is 9.47 Å². The van der Waals surface area contributed by atoms with Crippen molar-refractivity contribution in [3.8, 4) is 0 Å². The van der Waals surface area contributed by atoms with Gasteiger partial charge in [0.1, 0.15) is 0 Å². The molecule has 21 heavy (non-hydrogen) atoms. The van der Waals surface area contributed by atoms with E-state index in [0.29, 0.717) is 30.2 Å². The Morgan fingerprint density at radius 2 is 1.86 bits per heavy atom. The third kappa shape index (κ3) is 3.21. The van der Waals surface area contributed by atoms with Gasteiger partial charge in [-0.15, -0.1) is 0 Å². The number of amides is 1. The summed E-state index contributed by atoms with van der Waals surface area (Å²) < 4.78 is 10.9. The average Bonchev–Trinajstić information content (AvgIpc) is 3.02. The quantitative estimate of drug-likeness (QED) is 0.850. The molecule has 0 aliphatic carbocycles. The maximum atomic E-state index is 12.2. The highest BCUT2D eigenvalue weighted by atomic mass is 16.7. The first-order valence-corrected chi connectivity index (χ1v) is 6.72. The number of nitrogen functional groups attached to an aromatic ring is 1. The Hall–Kier alpha value is -2.37. The van der Waals surface area contributed by atoms with Crippen LogP contribution in [0.4, 0.5) is 11.4 Å². The molecule has 3 N–H and O–H groups in total. The number of nitrogens with one attached hydrogen (secondary N) is 1. The van der Waals surface area contributed by atoms with E-state index in [0.717, 1.165) is 5.56 Å². The summed E-state index contributed by atoms with van der Waals surface area (Å²) in [5, 5.41) is 2.84. The minimum absolute atomic E-state index is 0.201. The summed E-state index contributed by atoms with van der Waals surface area (Å²) >= 11 is 0. The number of anilines is 2. The second-order valence-corrected chi connectivity index (χ2v) is 4.78. The summed E-state index contributed by atoms with van der Waals surface area (Å²) in [6, 6.07) is 14.3. The van der Waals surface area contributed by atoms with Gasteiger partial charge in [0.2, 0.25) is 0 Å². The Morgan fingerprint density at radius 3 is 2.62 bits per heavy atom. The standard InChI is InChI=1S/C16H16N2O3/c17-13-5-1-3-11(9-13)15(19)18-14-6-2-4-12(10-14)16-20-7-8-21-16/h1-6,9-10,16H,7-8,17H2,(H,18,19). The summed E-state index contributed by atoms with van der Waals surface area (Å²) in [4.78, 5) is 12.2. The van der Waals surface area contributed by atoms with Gasteiger partial charge in [-0.05, 0) is 30.3 Å². The molecule has 1 aliphatic rings. The molecule has 2 aromatic carbocycles. The summed E-state index contributed by atoms with van der Waals surface area (Å²) in [7, 11) is 0. The summed E-state index contributed by atoms with van der Waals surface area (Å²) in [5.41, 5.74) is 8.35. The largest absolute Gasteiger partial charge is 0.399 e. The van der Waals surface area contributed by atoms with Crippen molar-refractivity contribution >= 4 is 17.3 Å². The topological polar surface area (TPSA) is 73.6 Å². The molecule has 1 aliphatic heterocycles. The maximum absolute atomic E-state index is 12.2. The highest BCUT2D eigenvalue weighted by Gasteiger charge is 2.18. The Balaban J connectivity index is 1.75. The van der Waals surface area contributed by atoms with E-state index >= 15 is 0 Å². The first kappa shape index (κ1) is 13.6. The third-order valence-corrected chi connectivity index (χ3v) is 3.19. The van der Waals surface area contributed by atoms with Crippen LogP contribution in [0.3, 0.4) is 0 Å². The molecule has 3 rings (SSSR count). The van der Waals surface area contributed by atoms with Crippen molar-refractivity contribution in [2.45, 2.75) is 6.29 Å². The molecule has 1 saturated heterocycles. The number of benzene rings is 2. The number of rotatable bonds is 3. The zero-order valence-corrected chi connectivity index (χ0v) is 11.4. The van der Waals surface area contributed by atoms with Gasteiger partial charge in [0, 0.05) is 22.5 Å². The van der Waals surface area contributed by atoms with Gasteiger partial charge in [-0.1, -0.05) is 18.2 Å². The van der Waals surface area contributed by atoms with E-state index in [1.807, 2.05) is 24.3 Å². The van der Waals surface area contributed by atoms with E-state index < -0.39 is 0 Å². The van der Waals surface area contributed by atoms with E-state index in [-0.39, 0.29) is 12.2 Å². The molecule has 1 fully saturated rings. The van der Waals surface area contributed by atoms with Gasteiger partial charge in [-0.3, -0.25) is 4.79 Å². The first-order chi connectivity index (χ1) is 10.2. The van der Waals surface area contributed by atoms with E-state index in [9.17, 15) is 4.79 Å². The number of ether oxygens (including phenoxy) is 2. The molecule has 0 radical (unpaired) electrons. The number of hydrogen-bond donors (Lipinski definition) is 2. The van der Waals surface area contributed by atoms with Gasteiger partial charge in [-0.2, -0.15) is 0 Å². The smallest absolute Gasteiger partial charge is 0.255 e. The van der Waals surface area contributed by atoms with Crippen molar-refractivity contribution in [3.63, 3.8) is 0 Å². The number of carbonyl (C=O) groups is 1. The van der Waals surface area contributed by atoms with E-state index in [4.69, 9.17) is 15.2 Å². The van der Waals surface area contributed by atoms with Crippen molar-refractivity contribution in [2.75, 3.05) is 24.3 Å². The molecule has 5 heteroatoms. The fraction of sp³-hybridized carbons (Fsp3) is 0.188. The molecule has 0 atom stereocenters. The predicted octanol–water partition coefficient (Wildman–Crippen LogP) is 2.57. The molecule has 108 valence electrons. The Labute approximate surface area is 122 Å². The first-order valence-electron chi connectivity index (χ1n) is 6.72. The van der Waals surface area contributed by atoms with Crippen LogP contribution in [0.15, 0.2) is 48.5 Å². The number of hydrogen-bond acceptors (Lipinski definition) is 4. The molecular formula is C16H16N2O3. The van der Waals surface area contributed by atoms with Crippen molar-refractivity contribution in [3.05, 3.63) is 59.7 Å². The van der Waals surface area contributed by atoms with Crippen LogP contribution in [0, 0.1) is 0 Å². The lowest BCUT2D eigenvalue weighted by atomic mass is 10.1. The fourth-order valence-electron chi connectivity index (χ4n) is 2.20. The van der Waals surface area contributed by atoms with Gasteiger partial charge in [0.25, 0.3) is 5.91 Å². The molecule has 5 nitrogen and oxygen atoms in total. The van der Waals surface area contributed by atoms with Crippen LogP contribution in [0.1, 0.15) is 22.2 Å². The molecule has 1 heterocycles. The van der Waals surface area contributed by atoms with Crippen LogP contribution in [0.5, 0.6) is 0 Å². The highest BCUT2D eigenvalue weighted by Crippen LogP contribution is 2.25. The van der Waals surface area contributed by atoms with Crippen molar-refractivity contribution in [2.24, 2.45) is 0 Å². The molecule has 0 bridgehead atoms. The molecule has 0 unspecified atom stereocenters. The van der Waals surface area contributed by atoms with Gasteiger partial charge >= 0.3 is 0 Å².